The van der Waals surface area contributed by atoms with Gasteiger partial charge in [0.2, 0.25) is 0 Å². The van der Waals surface area contributed by atoms with Gasteiger partial charge in [-0.15, -0.1) is 0 Å². The third-order valence-corrected chi connectivity index (χ3v) is 3.39. The van der Waals surface area contributed by atoms with E-state index in [1.165, 1.54) is 0 Å². The van der Waals surface area contributed by atoms with Crippen molar-refractivity contribution in [1.29, 1.82) is 0 Å². The number of hydrogen-bond donors (Lipinski definition) is 0. The first-order chi connectivity index (χ1) is 8.65. The van der Waals surface area contributed by atoms with Crippen LogP contribution in [0, 0.1) is 11.8 Å². The van der Waals surface area contributed by atoms with E-state index in [0.29, 0.717) is 6.61 Å². The Labute approximate surface area is 117 Å². The average Bonchev–Trinajstić information content (AvgIpc) is 3.03. The molecule has 1 saturated carbocycles. The van der Waals surface area contributed by atoms with E-state index in [1.54, 1.807) is 13.0 Å². The molecule has 1 aliphatic carbocycles. The molecular weight excluding hydrogens is 271 g/mol. The number of esters is 1. The molecule has 1 aliphatic rings. The van der Waals surface area contributed by atoms with E-state index in [-0.39, 0.29) is 28.2 Å². The molecule has 1 aromatic rings. The number of carbonyl (C=O) groups is 1. The smallest absolute Gasteiger partial charge is 0.310 e. The summed E-state index contributed by atoms with van der Waals surface area (Å²) in [4.78, 5) is 11.8. The molecule has 3 atom stereocenters. The van der Waals surface area contributed by atoms with Gasteiger partial charge in [0.1, 0.15) is 4.49 Å². The van der Waals surface area contributed by atoms with Crippen molar-refractivity contribution >= 4 is 29.2 Å². The van der Waals surface area contributed by atoms with Crippen LogP contribution in [-0.2, 0) is 9.53 Å². The molecule has 0 aromatic heterocycles. The van der Waals surface area contributed by atoms with E-state index in [4.69, 9.17) is 27.9 Å². The molecule has 1 fully saturated rings. The monoisotopic (exact) mass is 284 g/mol. The lowest BCUT2D eigenvalue weighted by Crippen LogP contribution is -2.08. The number of allylic oxidation sites excluding steroid dienone is 1. The summed E-state index contributed by atoms with van der Waals surface area (Å²) in [7, 11) is 0. The van der Waals surface area contributed by atoms with Crippen LogP contribution in [0.1, 0.15) is 18.4 Å². The maximum absolute atomic E-state index is 11.8. The van der Waals surface area contributed by atoms with Crippen molar-refractivity contribution in [1.82, 2.24) is 0 Å². The van der Waals surface area contributed by atoms with Crippen LogP contribution < -0.4 is 0 Å². The van der Waals surface area contributed by atoms with Gasteiger partial charge in [-0.05, 0) is 18.6 Å². The van der Waals surface area contributed by atoms with Gasteiger partial charge in [0.25, 0.3) is 0 Å². The van der Waals surface area contributed by atoms with Gasteiger partial charge in [0.15, 0.2) is 0 Å². The Hall–Kier alpha value is -0.990. The lowest BCUT2D eigenvalue weighted by Gasteiger charge is -2.00. The number of rotatable bonds is 4. The van der Waals surface area contributed by atoms with Gasteiger partial charge in [-0.3, -0.25) is 4.79 Å². The lowest BCUT2D eigenvalue weighted by atomic mass is 10.1. The normalized spacial score (nSPS) is 25.4. The van der Waals surface area contributed by atoms with Crippen molar-refractivity contribution < 1.29 is 9.53 Å². The zero-order chi connectivity index (χ0) is 13.1. The Morgan fingerprint density at radius 3 is 2.56 bits per heavy atom. The Morgan fingerprint density at radius 1 is 1.33 bits per heavy atom. The van der Waals surface area contributed by atoms with Gasteiger partial charge in [0, 0.05) is 11.8 Å². The first-order valence-electron chi connectivity index (χ1n) is 5.89. The lowest BCUT2D eigenvalue weighted by molar-refractivity contribution is -0.145. The molecule has 0 radical (unpaired) electrons. The molecule has 0 saturated heterocycles. The molecule has 2 nitrogen and oxygen atoms in total. The SMILES string of the molecule is CCOC(=O)C1C(C=C(Cl)Cl)C1c1ccccc1. The minimum absolute atomic E-state index is 0.0384. The standard InChI is InChI=1S/C14H14Cl2O2/c1-2-18-14(17)13-10(8-11(15)16)12(13)9-6-4-3-5-7-9/h3-8,10,12-13H,2H2,1H3. The van der Waals surface area contributed by atoms with Gasteiger partial charge >= 0.3 is 5.97 Å². The Morgan fingerprint density at radius 2 is 2.00 bits per heavy atom. The van der Waals surface area contributed by atoms with Crippen LogP contribution in [0.3, 0.4) is 0 Å². The average molecular weight is 285 g/mol. The highest BCUT2D eigenvalue weighted by molar-refractivity contribution is 6.55. The van der Waals surface area contributed by atoms with Crippen LogP contribution in [0.4, 0.5) is 0 Å². The third-order valence-electron chi connectivity index (χ3n) is 3.14. The van der Waals surface area contributed by atoms with Gasteiger partial charge in [-0.2, -0.15) is 0 Å². The fraction of sp³-hybridized carbons (Fsp3) is 0.357. The fourth-order valence-electron chi connectivity index (χ4n) is 2.33. The molecule has 0 aliphatic heterocycles. The number of ether oxygens (including phenoxy) is 1. The fourth-order valence-corrected chi connectivity index (χ4v) is 2.63. The van der Waals surface area contributed by atoms with Crippen molar-refractivity contribution in [3.63, 3.8) is 0 Å². The molecule has 0 amide bonds. The van der Waals surface area contributed by atoms with Crippen LogP contribution >= 0.6 is 23.2 Å². The maximum Gasteiger partial charge on any atom is 0.310 e. The summed E-state index contributed by atoms with van der Waals surface area (Å²) < 4.78 is 5.28. The number of carbonyl (C=O) groups excluding carboxylic acids is 1. The van der Waals surface area contributed by atoms with E-state index in [9.17, 15) is 4.79 Å². The van der Waals surface area contributed by atoms with Crippen molar-refractivity contribution in [3.05, 3.63) is 46.5 Å². The highest BCUT2D eigenvalue weighted by Crippen LogP contribution is 2.56. The summed E-state index contributed by atoms with van der Waals surface area (Å²) in [6.45, 7) is 2.19. The number of benzene rings is 1. The quantitative estimate of drug-likeness (QED) is 0.784. The minimum atomic E-state index is -0.179. The molecule has 0 bridgehead atoms. The summed E-state index contributed by atoms with van der Waals surface area (Å²) in [6.07, 6.45) is 1.72. The van der Waals surface area contributed by atoms with E-state index < -0.39 is 0 Å². The largest absolute Gasteiger partial charge is 0.466 e. The van der Waals surface area contributed by atoms with Crippen LogP contribution in [0.2, 0.25) is 0 Å². The van der Waals surface area contributed by atoms with Crippen molar-refractivity contribution in [2.24, 2.45) is 11.8 Å². The Balaban J connectivity index is 2.18. The molecule has 0 spiro atoms. The zero-order valence-corrected chi connectivity index (χ0v) is 11.5. The summed E-state index contributed by atoms with van der Waals surface area (Å²) in [5.41, 5.74) is 1.12. The Bertz CT molecular complexity index is 452. The highest BCUT2D eigenvalue weighted by atomic mass is 35.5. The van der Waals surface area contributed by atoms with E-state index >= 15 is 0 Å². The van der Waals surface area contributed by atoms with Crippen LogP contribution in [-0.4, -0.2) is 12.6 Å². The summed E-state index contributed by atoms with van der Waals surface area (Å²) in [5, 5.41) is 0. The Kier molecular flexibility index (Phi) is 4.31. The molecule has 3 unspecified atom stereocenters. The highest BCUT2D eigenvalue weighted by Gasteiger charge is 2.55. The number of hydrogen-bond acceptors (Lipinski definition) is 2. The summed E-state index contributed by atoms with van der Waals surface area (Å²) in [6, 6.07) is 9.88. The van der Waals surface area contributed by atoms with Crippen molar-refractivity contribution in [3.8, 4) is 0 Å². The maximum atomic E-state index is 11.8. The van der Waals surface area contributed by atoms with Crippen molar-refractivity contribution in [2.45, 2.75) is 12.8 Å². The zero-order valence-electron chi connectivity index (χ0n) is 9.98. The predicted molar refractivity (Wildman–Crippen MR) is 72.6 cm³/mol. The van der Waals surface area contributed by atoms with E-state index in [2.05, 4.69) is 0 Å². The van der Waals surface area contributed by atoms with Gasteiger partial charge in [-0.1, -0.05) is 53.5 Å². The molecular formula is C14H14Cl2O2. The van der Waals surface area contributed by atoms with Gasteiger partial charge in [0.05, 0.1) is 12.5 Å². The second-order valence-electron chi connectivity index (χ2n) is 4.25. The van der Waals surface area contributed by atoms with Crippen molar-refractivity contribution in [2.75, 3.05) is 6.61 Å². The second kappa shape index (κ2) is 5.77. The summed E-state index contributed by atoms with van der Waals surface area (Å²) in [5.74, 6) is -0.184. The second-order valence-corrected chi connectivity index (χ2v) is 5.26. The number of halogens is 2. The third kappa shape index (κ3) is 2.88. The first-order valence-corrected chi connectivity index (χ1v) is 6.65. The van der Waals surface area contributed by atoms with Gasteiger partial charge in [-0.25, -0.2) is 0 Å². The van der Waals surface area contributed by atoms with Crippen LogP contribution in [0.15, 0.2) is 40.9 Å². The minimum Gasteiger partial charge on any atom is -0.466 e. The molecule has 4 heteroatoms. The van der Waals surface area contributed by atoms with Crippen LogP contribution in [0.5, 0.6) is 0 Å². The molecule has 18 heavy (non-hydrogen) atoms. The summed E-state index contributed by atoms with van der Waals surface area (Å²) >= 11 is 11.4. The van der Waals surface area contributed by atoms with E-state index in [1.807, 2.05) is 30.3 Å². The molecule has 1 aromatic carbocycles. The molecule has 0 N–H and O–H groups in total. The van der Waals surface area contributed by atoms with Gasteiger partial charge < -0.3 is 4.74 Å². The molecule has 0 heterocycles. The van der Waals surface area contributed by atoms with Crippen LogP contribution in [0.25, 0.3) is 0 Å². The van der Waals surface area contributed by atoms with E-state index in [0.717, 1.165) is 5.56 Å². The molecule has 96 valence electrons. The predicted octanol–water partition coefficient (Wildman–Crippen LogP) is 3.90. The molecule has 2 rings (SSSR count). The first kappa shape index (κ1) is 13.4. The topological polar surface area (TPSA) is 26.3 Å².